The molecule has 0 saturated heterocycles. The molecule has 0 spiro atoms. The molecule has 3 N–H and O–H groups in total. The van der Waals surface area contributed by atoms with Crippen molar-refractivity contribution in [2.75, 3.05) is 11.1 Å². The molecule has 0 fully saturated rings. The number of nitrogen functional groups attached to an aromatic ring is 1. The van der Waals surface area contributed by atoms with Crippen LogP contribution in [0, 0.1) is 5.82 Å². The van der Waals surface area contributed by atoms with E-state index in [-0.39, 0.29) is 22.8 Å². The Morgan fingerprint density at radius 3 is 2.80 bits per heavy atom. The molecule has 7 heteroatoms. The third-order valence-electron chi connectivity index (χ3n) is 2.47. The zero-order chi connectivity index (χ0) is 14.7. The fraction of sp³-hybridized carbons (Fsp3) is 0.0769. The average molecular weight is 296 g/mol. The SMILES string of the molecule is Nc1ccc(=O)n(CC(=O)Nc2cc(F)cc(Cl)c2)c1. The lowest BCUT2D eigenvalue weighted by Gasteiger charge is -2.08. The normalized spacial score (nSPS) is 10.3. The first kappa shape index (κ1) is 14.1. The number of aromatic nitrogens is 1. The second kappa shape index (κ2) is 5.75. The molecule has 0 saturated carbocycles. The molecule has 0 unspecified atom stereocenters. The Morgan fingerprint density at radius 1 is 1.35 bits per heavy atom. The van der Waals surface area contributed by atoms with Crippen LogP contribution in [0.25, 0.3) is 0 Å². The van der Waals surface area contributed by atoms with Crippen LogP contribution in [0.5, 0.6) is 0 Å². The Kier molecular flexibility index (Phi) is 4.05. The summed E-state index contributed by atoms with van der Waals surface area (Å²) in [6, 6.07) is 6.38. The number of nitrogens with two attached hydrogens (primary N) is 1. The first-order valence-electron chi connectivity index (χ1n) is 5.66. The summed E-state index contributed by atoms with van der Waals surface area (Å²) in [5.74, 6) is -1.05. The Balaban J connectivity index is 2.13. The van der Waals surface area contributed by atoms with Crippen LogP contribution in [0.1, 0.15) is 0 Å². The van der Waals surface area contributed by atoms with Crippen LogP contribution in [-0.2, 0) is 11.3 Å². The van der Waals surface area contributed by atoms with Gasteiger partial charge in [-0.1, -0.05) is 11.6 Å². The average Bonchev–Trinajstić information content (AvgIpc) is 2.32. The van der Waals surface area contributed by atoms with Gasteiger partial charge in [-0.15, -0.1) is 0 Å². The van der Waals surface area contributed by atoms with Gasteiger partial charge in [0.25, 0.3) is 5.56 Å². The number of rotatable bonds is 3. The van der Waals surface area contributed by atoms with Gasteiger partial charge < -0.3 is 15.6 Å². The molecule has 1 aromatic heterocycles. The molecule has 20 heavy (non-hydrogen) atoms. The van der Waals surface area contributed by atoms with Gasteiger partial charge in [0.2, 0.25) is 5.91 Å². The Hall–Kier alpha value is -2.34. The van der Waals surface area contributed by atoms with E-state index < -0.39 is 11.7 Å². The number of hydrogen-bond acceptors (Lipinski definition) is 3. The molecule has 0 bridgehead atoms. The lowest BCUT2D eigenvalue weighted by Crippen LogP contribution is -2.27. The largest absolute Gasteiger partial charge is 0.398 e. The molecule has 1 heterocycles. The molecule has 0 aliphatic carbocycles. The van der Waals surface area contributed by atoms with Crippen LogP contribution >= 0.6 is 11.6 Å². The van der Waals surface area contributed by atoms with Gasteiger partial charge in [0.1, 0.15) is 12.4 Å². The van der Waals surface area contributed by atoms with E-state index in [0.717, 1.165) is 16.7 Å². The van der Waals surface area contributed by atoms with Crippen molar-refractivity contribution in [2.45, 2.75) is 6.54 Å². The molecule has 1 amide bonds. The third-order valence-corrected chi connectivity index (χ3v) is 2.68. The van der Waals surface area contributed by atoms with Crippen molar-refractivity contribution in [1.82, 2.24) is 4.57 Å². The highest BCUT2D eigenvalue weighted by Gasteiger charge is 2.07. The summed E-state index contributed by atoms with van der Waals surface area (Å²) in [5.41, 5.74) is 5.77. The highest BCUT2D eigenvalue weighted by Crippen LogP contribution is 2.17. The number of amides is 1. The molecular weight excluding hydrogens is 285 g/mol. The van der Waals surface area contributed by atoms with E-state index in [1.165, 1.54) is 24.4 Å². The molecule has 0 aliphatic heterocycles. The maximum absolute atomic E-state index is 13.1. The summed E-state index contributed by atoms with van der Waals surface area (Å²) in [4.78, 5) is 23.3. The first-order valence-corrected chi connectivity index (χ1v) is 6.04. The van der Waals surface area contributed by atoms with E-state index in [2.05, 4.69) is 5.32 Å². The van der Waals surface area contributed by atoms with Gasteiger partial charge in [0, 0.05) is 28.7 Å². The van der Waals surface area contributed by atoms with E-state index in [9.17, 15) is 14.0 Å². The van der Waals surface area contributed by atoms with Crippen LogP contribution in [-0.4, -0.2) is 10.5 Å². The van der Waals surface area contributed by atoms with Crippen LogP contribution in [0.2, 0.25) is 5.02 Å². The van der Waals surface area contributed by atoms with Crippen molar-refractivity contribution in [2.24, 2.45) is 0 Å². The van der Waals surface area contributed by atoms with Crippen molar-refractivity contribution in [3.8, 4) is 0 Å². The van der Waals surface area contributed by atoms with Crippen LogP contribution < -0.4 is 16.6 Å². The molecular formula is C13H11ClFN3O2. The summed E-state index contributed by atoms with van der Waals surface area (Å²) in [6.07, 6.45) is 1.36. The van der Waals surface area contributed by atoms with Crippen molar-refractivity contribution in [3.05, 3.63) is 57.7 Å². The van der Waals surface area contributed by atoms with Gasteiger partial charge in [-0.05, 0) is 24.3 Å². The van der Waals surface area contributed by atoms with Crippen LogP contribution in [0.15, 0.2) is 41.3 Å². The van der Waals surface area contributed by atoms with Gasteiger partial charge in [0.05, 0.1) is 0 Å². The van der Waals surface area contributed by atoms with Crippen molar-refractivity contribution < 1.29 is 9.18 Å². The number of carbonyl (C=O) groups excluding carboxylic acids is 1. The molecule has 2 aromatic rings. The maximum atomic E-state index is 13.1. The quantitative estimate of drug-likeness (QED) is 0.907. The summed E-state index contributed by atoms with van der Waals surface area (Å²) in [7, 11) is 0. The van der Waals surface area contributed by atoms with E-state index >= 15 is 0 Å². The fourth-order valence-electron chi connectivity index (χ4n) is 1.65. The molecule has 2 rings (SSSR count). The number of anilines is 2. The third kappa shape index (κ3) is 3.58. The molecule has 5 nitrogen and oxygen atoms in total. The second-order valence-corrected chi connectivity index (χ2v) is 4.57. The standard InChI is InChI=1S/C13H11ClFN3O2/c14-8-3-9(15)5-11(4-8)17-12(19)7-18-6-10(16)1-2-13(18)20/h1-6H,7,16H2,(H,17,19). The van der Waals surface area contributed by atoms with Gasteiger partial charge in [-0.25, -0.2) is 4.39 Å². The summed E-state index contributed by atoms with van der Waals surface area (Å²) >= 11 is 5.68. The molecule has 0 atom stereocenters. The summed E-state index contributed by atoms with van der Waals surface area (Å²) in [5, 5.41) is 2.62. The van der Waals surface area contributed by atoms with Crippen molar-refractivity contribution in [1.29, 1.82) is 0 Å². The minimum atomic E-state index is -0.561. The van der Waals surface area contributed by atoms with Gasteiger partial charge in [-0.2, -0.15) is 0 Å². The second-order valence-electron chi connectivity index (χ2n) is 4.13. The Morgan fingerprint density at radius 2 is 2.10 bits per heavy atom. The Bertz CT molecular complexity index is 695. The summed E-state index contributed by atoms with van der Waals surface area (Å²) in [6.45, 7) is -0.224. The van der Waals surface area contributed by atoms with Gasteiger partial charge in [-0.3, -0.25) is 9.59 Å². The van der Waals surface area contributed by atoms with Gasteiger partial charge >= 0.3 is 0 Å². The van der Waals surface area contributed by atoms with Gasteiger partial charge in [0.15, 0.2) is 0 Å². The zero-order valence-electron chi connectivity index (χ0n) is 10.3. The molecule has 1 aromatic carbocycles. The Labute approximate surface area is 118 Å². The van der Waals surface area contributed by atoms with E-state index in [1.54, 1.807) is 0 Å². The predicted molar refractivity (Wildman–Crippen MR) is 75.2 cm³/mol. The van der Waals surface area contributed by atoms with E-state index in [4.69, 9.17) is 17.3 Å². The fourth-order valence-corrected chi connectivity index (χ4v) is 1.88. The molecule has 0 aliphatic rings. The van der Waals surface area contributed by atoms with Crippen molar-refractivity contribution in [3.63, 3.8) is 0 Å². The monoisotopic (exact) mass is 295 g/mol. The van der Waals surface area contributed by atoms with E-state index in [0.29, 0.717) is 5.69 Å². The minimum Gasteiger partial charge on any atom is -0.398 e. The number of halogens is 2. The number of hydrogen-bond donors (Lipinski definition) is 2. The highest BCUT2D eigenvalue weighted by molar-refractivity contribution is 6.30. The minimum absolute atomic E-state index is 0.168. The van der Waals surface area contributed by atoms with Crippen LogP contribution in [0.4, 0.5) is 15.8 Å². The number of nitrogens with zero attached hydrogens (tertiary/aromatic N) is 1. The zero-order valence-corrected chi connectivity index (χ0v) is 11.0. The topological polar surface area (TPSA) is 77.1 Å². The lowest BCUT2D eigenvalue weighted by atomic mass is 10.3. The number of benzene rings is 1. The smallest absolute Gasteiger partial charge is 0.251 e. The highest BCUT2D eigenvalue weighted by atomic mass is 35.5. The predicted octanol–water partition coefficient (Wildman–Crippen LogP) is 1.86. The summed E-state index contributed by atoms with van der Waals surface area (Å²) < 4.78 is 14.3. The number of pyridine rings is 1. The molecule has 104 valence electrons. The maximum Gasteiger partial charge on any atom is 0.251 e. The number of carbonyl (C=O) groups is 1. The number of nitrogens with one attached hydrogen (secondary N) is 1. The van der Waals surface area contributed by atoms with Crippen molar-refractivity contribution >= 4 is 28.9 Å². The first-order chi connectivity index (χ1) is 9.44. The van der Waals surface area contributed by atoms with Crippen LogP contribution in [0.3, 0.4) is 0 Å². The van der Waals surface area contributed by atoms with E-state index in [1.807, 2.05) is 0 Å². The lowest BCUT2D eigenvalue weighted by molar-refractivity contribution is -0.116. The molecule has 0 radical (unpaired) electrons.